The number of anilines is 1. The minimum Gasteiger partial charge on any atom is -0.478 e. The van der Waals surface area contributed by atoms with Crippen molar-refractivity contribution >= 4 is 17.7 Å². The number of carbonyl (C=O) groups is 1. The molecule has 0 heterocycles. The maximum absolute atomic E-state index is 13.7. The van der Waals surface area contributed by atoms with Gasteiger partial charge in [0.15, 0.2) is 0 Å². The van der Waals surface area contributed by atoms with E-state index in [0.717, 1.165) is 11.6 Å². The minimum atomic E-state index is -1.10. The second-order valence-corrected chi connectivity index (χ2v) is 4.16. The van der Waals surface area contributed by atoms with E-state index in [1.54, 1.807) is 12.1 Å². The third-order valence-electron chi connectivity index (χ3n) is 2.34. The normalized spacial score (nSPS) is 10.6. The number of likely N-dealkylation sites (N-methyl/N-ethyl adjacent to an activating group) is 1. The summed E-state index contributed by atoms with van der Waals surface area (Å²) in [6, 6.07) is 4.64. The lowest BCUT2D eigenvalue weighted by atomic mass is 10.1. The monoisotopic (exact) mass is 249 g/mol. The average Bonchev–Trinajstić information content (AvgIpc) is 2.25. The molecular weight excluding hydrogens is 233 g/mol. The first-order chi connectivity index (χ1) is 8.41. The van der Waals surface area contributed by atoms with Gasteiger partial charge in [0.2, 0.25) is 0 Å². The largest absolute Gasteiger partial charge is 0.478 e. The third kappa shape index (κ3) is 3.73. The van der Waals surface area contributed by atoms with Crippen LogP contribution in [-0.2, 0) is 4.79 Å². The molecule has 0 saturated heterocycles. The Hall–Kier alpha value is -2.10. The van der Waals surface area contributed by atoms with Gasteiger partial charge in [-0.25, -0.2) is 9.18 Å². The lowest BCUT2D eigenvalue weighted by molar-refractivity contribution is -0.131. The zero-order chi connectivity index (χ0) is 13.7. The summed E-state index contributed by atoms with van der Waals surface area (Å²) in [6.45, 7) is 6.26. The molecule has 0 amide bonds. The summed E-state index contributed by atoms with van der Waals surface area (Å²) in [6.07, 6.45) is 2.19. The van der Waals surface area contributed by atoms with Gasteiger partial charge in [-0.1, -0.05) is 18.2 Å². The topological polar surface area (TPSA) is 40.5 Å². The average molecular weight is 249 g/mol. The van der Waals surface area contributed by atoms with E-state index in [2.05, 4.69) is 6.58 Å². The molecule has 0 aliphatic carbocycles. The number of rotatable bonds is 5. The van der Waals surface area contributed by atoms with E-state index in [0.29, 0.717) is 12.2 Å². The van der Waals surface area contributed by atoms with Gasteiger partial charge in [-0.3, -0.25) is 0 Å². The van der Waals surface area contributed by atoms with Crippen LogP contribution in [0.1, 0.15) is 12.5 Å². The van der Waals surface area contributed by atoms with E-state index in [1.165, 1.54) is 12.1 Å². The van der Waals surface area contributed by atoms with Crippen molar-refractivity contribution in [1.29, 1.82) is 0 Å². The van der Waals surface area contributed by atoms with Gasteiger partial charge in [0.1, 0.15) is 5.82 Å². The van der Waals surface area contributed by atoms with E-state index in [1.807, 2.05) is 18.9 Å². The van der Waals surface area contributed by atoms with E-state index >= 15 is 0 Å². The highest BCUT2D eigenvalue weighted by Crippen LogP contribution is 2.24. The van der Waals surface area contributed by atoms with Crippen LogP contribution in [0.25, 0.3) is 6.08 Å². The van der Waals surface area contributed by atoms with Crippen molar-refractivity contribution in [2.45, 2.75) is 6.92 Å². The Morgan fingerprint density at radius 2 is 2.22 bits per heavy atom. The van der Waals surface area contributed by atoms with Crippen molar-refractivity contribution in [3.05, 3.63) is 47.8 Å². The fourth-order valence-electron chi connectivity index (χ4n) is 1.67. The summed E-state index contributed by atoms with van der Waals surface area (Å²) in [5.74, 6) is -1.55. The fourth-order valence-corrected chi connectivity index (χ4v) is 1.67. The predicted molar refractivity (Wildman–Crippen MR) is 71.2 cm³/mol. The molecule has 0 saturated carbocycles. The molecule has 0 spiro atoms. The predicted octanol–water partition coefficient (Wildman–Crippen LogP) is 2.94. The maximum atomic E-state index is 13.7. The Bertz CT molecular complexity index is 495. The highest BCUT2D eigenvalue weighted by molar-refractivity contribution is 5.87. The zero-order valence-electron chi connectivity index (χ0n) is 10.5. The molecule has 1 aromatic rings. The Kier molecular flexibility index (Phi) is 4.66. The van der Waals surface area contributed by atoms with E-state index < -0.39 is 11.8 Å². The minimum absolute atomic E-state index is 0.267. The first kappa shape index (κ1) is 14.0. The second-order valence-electron chi connectivity index (χ2n) is 4.16. The number of hydrogen-bond acceptors (Lipinski definition) is 2. The molecule has 0 atom stereocenters. The van der Waals surface area contributed by atoms with E-state index in [-0.39, 0.29) is 5.56 Å². The van der Waals surface area contributed by atoms with Crippen molar-refractivity contribution in [3.63, 3.8) is 0 Å². The second kappa shape index (κ2) is 6.00. The van der Waals surface area contributed by atoms with Crippen LogP contribution in [-0.4, -0.2) is 24.7 Å². The Labute approximate surface area is 106 Å². The highest BCUT2D eigenvalue weighted by atomic mass is 19.1. The molecule has 4 heteroatoms. The van der Waals surface area contributed by atoms with Gasteiger partial charge in [0.05, 0.1) is 0 Å². The summed E-state index contributed by atoms with van der Waals surface area (Å²) in [7, 11) is 1.81. The Morgan fingerprint density at radius 3 is 2.78 bits per heavy atom. The lowest BCUT2D eigenvalue weighted by Crippen LogP contribution is -2.20. The quantitative estimate of drug-likeness (QED) is 0.644. The molecule has 96 valence electrons. The first-order valence-electron chi connectivity index (χ1n) is 5.47. The molecule has 1 rings (SSSR count). The Morgan fingerprint density at radius 1 is 1.56 bits per heavy atom. The summed E-state index contributed by atoms with van der Waals surface area (Å²) >= 11 is 0. The molecule has 1 aromatic carbocycles. The third-order valence-corrected chi connectivity index (χ3v) is 2.34. The summed E-state index contributed by atoms with van der Waals surface area (Å²) in [5.41, 5.74) is 1.84. The standard InChI is InChI=1S/C14H16FNO2/c1-10(2)9-16(3)13-6-4-5-12(15)11(13)7-8-14(17)18/h4-8H,1,9H2,2-3H3,(H,17,18)/b8-7+. The molecular formula is C14H16FNO2. The SMILES string of the molecule is C=C(C)CN(C)c1cccc(F)c1/C=C/C(=O)O. The summed E-state index contributed by atoms with van der Waals surface area (Å²) in [4.78, 5) is 12.3. The highest BCUT2D eigenvalue weighted by Gasteiger charge is 2.10. The molecule has 0 unspecified atom stereocenters. The van der Waals surface area contributed by atoms with Crippen LogP contribution in [0.5, 0.6) is 0 Å². The van der Waals surface area contributed by atoms with Crippen LogP contribution in [0.2, 0.25) is 0 Å². The number of benzene rings is 1. The van der Waals surface area contributed by atoms with Crippen LogP contribution in [0.4, 0.5) is 10.1 Å². The molecule has 0 aromatic heterocycles. The zero-order valence-corrected chi connectivity index (χ0v) is 10.5. The van der Waals surface area contributed by atoms with Crippen LogP contribution in [0, 0.1) is 5.82 Å². The fraction of sp³-hybridized carbons (Fsp3) is 0.214. The smallest absolute Gasteiger partial charge is 0.328 e. The molecule has 3 nitrogen and oxygen atoms in total. The van der Waals surface area contributed by atoms with Gasteiger partial charge in [0.25, 0.3) is 0 Å². The molecule has 18 heavy (non-hydrogen) atoms. The molecule has 0 fully saturated rings. The molecule has 0 aliphatic heterocycles. The van der Waals surface area contributed by atoms with Crippen molar-refractivity contribution < 1.29 is 14.3 Å². The van der Waals surface area contributed by atoms with Gasteiger partial charge in [-0.15, -0.1) is 0 Å². The van der Waals surface area contributed by atoms with Gasteiger partial charge >= 0.3 is 5.97 Å². The van der Waals surface area contributed by atoms with Gasteiger partial charge in [0, 0.05) is 30.9 Å². The number of hydrogen-bond donors (Lipinski definition) is 1. The number of aliphatic carboxylic acids is 1. The number of nitrogens with zero attached hydrogens (tertiary/aromatic N) is 1. The summed E-state index contributed by atoms with van der Waals surface area (Å²) < 4.78 is 13.7. The van der Waals surface area contributed by atoms with Crippen molar-refractivity contribution in [3.8, 4) is 0 Å². The molecule has 0 radical (unpaired) electrons. The van der Waals surface area contributed by atoms with E-state index in [4.69, 9.17) is 5.11 Å². The van der Waals surface area contributed by atoms with Gasteiger partial charge in [-0.05, 0) is 25.1 Å². The summed E-state index contributed by atoms with van der Waals surface area (Å²) in [5, 5.41) is 8.60. The van der Waals surface area contributed by atoms with Crippen LogP contribution >= 0.6 is 0 Å². The van der Waals surface area contributed by atoms with Gasteiger partial charge < -0.3 is 10.0 Å². The lowest BCUT2D eigenvalue weighted by Gasteiger charge is -2.21. The molecule has 0 bridgehead atoms. The maximum Gasteiger partial charge on any atom is 0.328 e. The van der Waals surface area contributed by atoms with Crippen LogP contribution in [0.3, 0.4) is 0 Å². The van der Waals surface area contributed by atoms with Crippen molar-refractivity contribution in [2.24, 2.45) is 0 Å². The van der Waals surface area contributed by atoms with E-state index in [9.17, 15) is 9.18 Å². The van der Waals surface area contributed by atoms with Gasteiger partial charge in [-0.2, -0.15) is 0 Å². The van der Waals surface area contributed by atoms with Crippen molar-refractivity contribution in [1.82, 2.24) is 0 Å². The molecule has 1 N–H and O–H groups in total. The van der Waals surface area contributed by atoms with Crippen LogP contribution < -0.4 is 4.90 Å². The first-order valence-corrected chi connectivity index (χ1v) is 5.47. The molecule has 0 aliphatic rings. The number of carboxylic acid groups (broad SMARTS) is 1. The Balaban J connectivity index is 3.14. The number of carboxylic acids is 1. The number of halogens is 1. The van der Waals surface area contributed by atoms with Crippen LogP contribution in [0.15, 0.2) is 36.4 Å². The van der Waals surface area contributed by atoms with Crippen molar-refractivity contribution in [2.75, 3.05) is 18.5 Å².